The van der Waals surface area contributed by atoms with E-state index in [1.807, 2.05) is 30.3 Å². The van der Waals surface area contributed by atoms with Crippen molar-refractivity contribution in [3.8, 4) is 0 Å². The Morgan fingerprint density at radius 2 is 1.77 bits per heavy atom. The maximum absolute atomic E-state index is 12.3. The molecule has 2 aromatic rings. The number of nitrogens with zero attached hydrogens (tertiary/aromatic N) is 2. The summed E-state index contributed by atoms with van der Waals surface area (Å²) in [5.41, 5.74) is 1.24. The number of nitrogens with one attached hydrogen (secondary N) is 1. The number of sulfone groups is 1. The van der Waals surface area contributed by atoms with E-state index in [0.717, 1.165) is 11.8 Å². The molecule has 0 spiro atoms. The molecule has 0 bridgehead atoms. The molecule has 0 saturated carbocycles. The van der Waals surface area contributed by atoms with E-state index in [9.17, 15) is 18.0 Å². The van der Waals surface area contributed by atoms with E-state index in [0.29, 0.717) is 13.1 Å². The van der Waals surface area contributed by atoms with Gasteiger partial charge in [-0.3, -0.25) is 9.59 Å². The zero-order chi connectivity index (χ0) is 18.9. The van der Waals surface area contributed by atoms with Crippen LogP contribution in [0, 0.1) is 0 Å². The second-order valence-corrected chi connectivity index (χ2v) is 8.66. The van der Waals surface area contributed by atoms with Crippen LogP contribution in [0.5, 0.6) is 0 Å². The summed E-state index contributed by atoms with van der Waals surface area (Å²) in [7, 11) is -3.41. The Labute approximate surface area is 152 Å². The number of likely N-dealkylation sites (tertiary alicyclic amines) is 1. The number of rotatable bonds is 3. The minimum absolute atomic E-state index is 0.0943. The average Bonchev–Trinajstić information content (AvgIpc) is 2.58. The number of hydrogen-bond donors (Lipinski definition) is 1. The quantitative estimate of drug-likeness (QED) is 0.816. The number of benzene rings is 1. The molecule has 1 aromatic carbocycles. The smallest absolute Gasteiger partial charge is 0.313 e. The van der Waals surface area contributed by atoms with Gasteiger partial charge in [-0.2, -0.15) is 0 Å². The summed E-state index contributed by atoms with van der Waals surface area (Å²) >= 11 is 0. The number of carbonyl (C=O) groups excluding carboxylic acids is 2. The summed E-state index contributed by atoms with van der Waals surface area (Å²) in [6.45, 7) is 2.99. The van der Waals surface area contributed by atoms with Crippen LogP contribution in [-0.2, 0) is 24.8 Å². The van der Waals surface area contributed by atoms with E-state index in [4.69, 9.17) is 0 Å². The number of hydrogen-bond acceptors (Lipinski definition) is 5. The lowest BCUT2D eigenvalue weighted by Crippen LogP contribution is -2.61. The maximum atomic E-state index is 12.3. The molecule has 1 saturated heterocycles. The fourth-order valence-corrected chi connectivity index (χ4v) is 3.52. The molecule has 8 heteroatoms. The Hall–Kier alpha value is -2.74. The van der Waals surface area contributed by atoms with Gasteiger partial charge in [0.2, 0.25) is 0 Å². The summed E-state index contributed by atoms with van der Waals surface area (Å²) < 4.78 is 22.8. The number of pyridine rings is 1. The monoisotopic (exact) mass is 373 g/mol. The van der Waals surface area contributed by atoms with Crippen molar-refractivity contribution < 1.29 is 18.0 Å². The molecule has 2 amide bonds. The molecule has 0 radical (unpaired) electrons. The number of aromatic nitrogens is 1. The van der Waals surface area contributed by atoms with Crippen molar-refractivity contribution in [2.24, 2.45) is 0 Å². The summed E-state index contributed by atoms with van der Waals surface area (Å²) in [5.74, 6) is -1.39. The van der Waals surface area contributed by atoms with Crippen molar-refractivity contribution in [3.05, 3.63) is 54.2 Å². The molecular weight excluding hydrogens is 354 g/mol. The second kappa shape index (κ2) is 6.53. The number of anilines is 1. The van der Waals surface area contributed by atoms with Gasteiger partial charge in [0.05, 0.1) is 11.9 Å². The van der Waals surface area contributed by atoms with Crippen molar-refractivity contribution in [2.75, 3.05) is 24.7 Å². The average molecular weight is 373 g/mol. The molecule has 0 unspecified atom stereocenters. The minimum Gasteiger partial charge on any atom is -0.333 e. The summed E-state index contributed by atoms with van der Waals surface area (Å²) in [5, 5.41) is 2.35. The van der Waals surface area contributed by atoms with Gasteiger partial charge in [-0.05, 0) is 17.7 Å². The van der Waals surface area contributed by atoms with Crippen LogP contribution in [-0.4, -0.2) is 49.5 Å². The zero-order valence-corrected chi connectivity index (χ0v) is 15.3. The fraction of sp³-hybridized carbons (Fsp3) is 0.278. The zero-order valence-electron chi connectivity index (χ0n) is 14.5. The molecule has 1 fully saturated rings. The molecule has 1 aliphatic rings. The van der Waals surface area contributed by atoms with Crippen molar-refractivity contribution in [2.45, 2.75) is 17.4 Å². The van der Waals surface area contributed by atoms with Crippen LogP contribution in [0.25, 0.3) is 0 Å². The normalized spacial score (nSPS) is 15.8. The first-order valence-corrected chi connectivity index (χ1v) is 9.90. The summed E-state index contributed by atoms with van der Waals surface area (Å²) in [6.07, 6.45) is 2.26. The molecule has 2 heterocycles. The first-order chi connectivity index (χ1) is 12.2. The highest BCUT2D eigenvalue weighted by atomic mass is 32.2. The van der Waals surface area contributed by atoms with Crippen molar-refractivity contribution >= 4 is 27.3 Å². The number of amides is 2. The van der Waals surface area contributed by atoms with Crippen molar-refractivity contribution in [1.29, 1.82) is 0 Å². The molecule has 1 N–H and O–H groups in total. The van der Waals surface area contributed by atoms with Gasteiger partial charge in [0, 0.05) is 24.8 Å². The molecule has 1 aliphatic heterocycles. The van der Waals surface area contributed by atoms with Crippen molar-refractivity contribution in [3.63, 3.8) is 0 Å². The first-order valence-electron chi connectivity index (χ1n) is 8.01. The Bertz CT molecular complexity index is 934. The molecule has 1 aromatic heterocycles. The van der Waals surface area contributed by atoms with Gasteiger partial charge in [0.15, 0.2) is 14.9 Å². The van der Waals surface area contributed by atoms with Crippen LogP contribution in [0.15, 0.2) is 53.7 Å². The molecule has 3 rings (SSSR count). The highest BCUT2D eigenvalue weighted by molar-refractivity contribution is 7.90. The molecule has 7 nitrogen and oxygen atoms in total. The lowest BCUT2D eigenvalue weighted by atomic mass is 9.75. The standard InChI is InChI=1S/C18H19N3O4S/c1-18(13-6-4-3-5-7-13)11-21(12-18)17(23)16(22)20-14-8-9-15(19-10-14)26(2,24)25/h3-10H,11-12H2,1-2H3,(H,20,22). The molecular formula is C18H19N3O4S. The van der Waals surface area contributed by atoms with E-state index in [2.05, 4.69) is 17.2 Å². The highest BCUT2D eigenvalue weighted by Gasteiger charge is 2.44. The molecule has 0 atom stereocenters. The number of carbonyl (C=O) groups is 2. The van der Waals surface area contributed by atoms with Crippen LogP contribution >= 0.6 is 0 Å². The van der Waals surface area contributed by atoms with E-state index in [-0.39, 0.29) is 16.1 Å². The van der Waals surface area contributed by atoms with Gasteiger partial charge < -0.3 is 10.2 Å². The second-order valence-electron chi connectivity index (χ2n) is 6.70. The van der Waals surface area contributed by atoms with Gasteiger partial charge >= 0.3 is 11.8 Å². The van der Waals surface area contributed by atoms with Crippen LogP contribution < -0.4 is 5.32 Å². The third-order valence-corrected chi connectivity index (χ3v) is 5.41. The first kappa shape index (κ1) is 18.1. The van der Waals surface area contributed by atoms with Gasteiger partial charge in [0.1, 0.15) is 0 Å². The highest BCUT2D eigenvalue weighted by Crippen LogP contribution is 2.34. The Kier molecular flexibility index (Phi) is 4.53. The van der Waals surface area contributed by atoms with E-state index >= 15 is 0 Å². The van der Waals surface area contributed by atoms with Crippen LogP contribution in [0.2, 0.25) is 0 Å². The lowest BCUT2D eigenvalue weighted by molar-refractivity contribution is -0.148. The summed E-state index contributed by atoms with van der Waals surface area (Å²) in [4.78, 5) is 29.7. The van der Waals surface area contributed by atoms with Gasteiger partial charge in [0.25, 0.3) is 0 Å². The third kappa shape index (κ3) is 3.60. The Balaban J connectivity index is 1.60. The van der Waals surface area contributed by atoms with E-state index in [1.165, 1.54) is 23.2 Å². The topological polar surface area (TPSA) is 96.4 Å². The third-order valence-electron chi connectivity index (χ3n) is 4.41. The minimum atomic E-state index is -3.41. The molecule has 136 valence electrons. The lowest BCUT2D eigenvalue weighted by Gasteiger charge is -2.48. The van der Waals surface area contributed by atoms with Gasteiger partial charge in [-0.1, -0.05) is 37.3 Å². The van der Waals surface area contributed by atoms with Crippen LogP contribution in [0.4, 0.5) is 5.69 Å². The van der Waals surface area contributed by atoms with E-state index in [1.54, 1.807) is 0 Å². The van der Waals surface area contributed by atoms with Crippen molar-refractivity contribution in [1.82, 2.24) is 9.88 Å². The predicted octanol–water partition coefficient (Wildman–Crippen LogP) is 1.22. The SMILES string of the molecule is CC1(c2ccccc2)CN(C(=O)C(=O)Nc2ccc(S(C)(=O)=O)nc2)C1. The maximum Gasteiger partial charge on any atom is 0.313 e. The van der Waals surface area contributed by atoms with Crippen LogP contribution in [0.1, 0.15) is 12.5 Å². The largest absolute Gasteiger partial charge is 0.333 e. The van der Waals surface area contributed by atoms with Gasteiger partial charge in [-0.15, -0.1) is 0 Å². The Morgan fingerprint density at radius 3 is 2.31 bits per heavy atom. The summed E-state index contributed by atoms with van der Waals surface area (Å²) in [6, 6.07) is 12.5. The van der Waals surface area contributed by atoms with Crippen LogP contribution in [0.3, 0.4) is 0 Å². The van der Waals surface area contributed by atoms with Gasteiger partial charge in [-0.25, -0.2) is 13.4 Å². The molecule has 0 aliphatic carbocycles. The predicted molar refractivity (Wildman–Crippen MR) is 96.4 cm³/mol. The fourth-order valence-electron chi connectivity index (χ4n) is 2.96. The Morgan fingerprint density at radius 1 is 1.12 bits per heavy atom. The molecule has 26 heavy (non-hydrogen) atoms. The van der Waals surface area contributed by atoms with E-state index < -0.39 is 21.7 Å².